The lowest BCUT2D eigenvalue weighted by Crippen LogP contribution is -2.09. The molecule has 0 amide bonds. The summed E-state index contributed by atoms with van der Waals surface area (Å²) in [6.45, 7) is 9.28. The predicted molar refractivity (Wildman–Crippen MR) is 55.1 cm³/mol. The molecule has 12 heavy (non-hydrogen) atoms. The molecule has 0 aromatic rings. The molecule has 0 saturated heterocycles. The largest absolute Gasteiger partial charge is 0.0879 e. The molecule has 1 aliphatic rings. The summed E-state index contributed by atoms with van der Waals surface area (Å²) in [6.07, 6.45) is 6.52. The molecule has 3 unspecified atom stereocenters. The fraction of sp³-hybridized carbons (Fsp3) is 0.833. The first-order valence-electron chi connectivity index (χ1n) is 5.36. The lowest BCUT2D eigenvalue weighted by molar-refractivity contribution is 0.405. The SMILES string of the molecule is C/C=C1/C(C)CCC1C(C)CC. The van der Waals surface area contributed by atoms with E-state index >= 15 is 0 Å². The average Bonchev–Trinajstić information content (AvgIpc) is 2.45. The molecular formula is C12H22. The molecule has 0 heteroatoms. The van der Waals surface area contributed by atoms with E-state index in [9.17, 15) is 0 Å². The number of hydrogen-bond donors (Lipinski definition) is 0. The molecule has 0 N–H and O–H groups in total. The van der Waals surface area contributed by atoms with Crippen LogP contribution in [0.4, 0.5) is 0 Å². The van der Waals surface area contributed by atoms with Gasteiger partial charge in [0.1, 0.15) is 0 Å². The summed E-state index contributed by atoms with van der Waals surface area (Å²) in [4.78, 5) is 0. The predicted octanol–water partition coefficient (Wildman–Crippen LogP) is 4.02. The van der Waals surface area contributed by atoms with Gasteiger partial charge in [-0.3, -0.25) is 0 Å². The fourth-order valence-electron chi connectivity index (χ4n) is 2.52. The molecule has 0 aromatic heterocycles. The first-order chi connectivity index (χ1) is 5.70. The molecule has 1 saturated carbocycles. The summed E-state index contributed by atoms with van der Waals surface area (Å²) >= 11 is 0. The first-order valence-corrected chi connectivity index (χ1v) is 5.36. The van der Waals surface area contributed by atoms with Crippen LogP contribution in [0.25, 0.3) is 0 Å². The van der Waals surface area contributed by atoms with E-state index in [1.807, 2.05) is 0 Å². The topological polar surface area (TPSA) is 0 Å². The quantitative estimate of drug-likeness (QED) is 0.543. The van der Waals surface area contributed by atoms with Crippen molar-refractivity contribution in [1.29, 1.82) is 0 Å². The van der Waals surface area contributed by atoms with Gasteiger partial charge in [-0.15, -0.1) is 0 Å². The van der Waals surface area contributed by atoms with Gasteiger partial charge in [-0.1, -0.05) is 38.8 Å². The van der Waals surface area contributed by atoms with Crippen molar-refractivity contribution < 1.29 is 0 Å². The Bertz CT molecular complexity index is 167. The Morgan fingerprint density at radius 3 is 2.67 bits per heavy atom. The summed E-state index contributed by atoms with van der Waals surface area (Å²) in [5.74, 6) is 2.64. The van der Waals surface area contributed by atoms with Crippen LogP contribution < -0.4 is 0 Å². The van der Waals surface area contributed by atoms with Gasteiger partial charge in [0.25, 0.3) is 0 Å². The molecule has 0 radical (unpaired) electrons. The van der Waals surface area contributed by atoms with Crippen molar-refractivity contribution in [3.8, 4) is 0 Å². The van der Waals surface area contributed by atoms with Gasteiger partial charge in [-0.2, -0.15) is 0 Å². The third-order valence-electron chi connectivity index (χ3n) is 3.57. The highest BCUT2D eigenvalue weighted by Crippen LogP contribution is 2.41. The lowest BCUT2D eigenvalue weighted by Gasteiger charge is -2.20. The highest BCUT2D eigenvalue weighted by atomic mass is 14.3. The summed E-state index contributed by atoms with van der Waals surface area (Å²) < 4.78 is 0. The van der Waals surface area contributed by atoms with Gasteiger partial charge in [0.05, 0.1) is 0 Å². The van der Waals surface area contributed by atoms with E-state index in [0.29, 0.717) is 0 Å². The standard InChI is InChI=1S/C12H22/c1-5-9(3)12-8-7-10(4)11(12)6-2/h6,9-10,12H,5,7-8H2,1-4H3/b11-6-. The van der Waals surface area contributed by atoms with Gasteiger partial charge in [0.2, 0.25) is 0 Å². The molecule has 1 aliphatic carbocycles. The maximum absolute atomic E-state index is 2.40. The Balaban J connectivity index is 2.67. The molecule has 0 nitrogen and oxygen atoms in total. The van der Waals surface area contributed by atoms with Crippen molar-refractivity contribution in [3.63, 3.8) is 0 Å². The third kappa shape index (κ3) is 1.73. The Hall–Kier alpha value is -0.260. The van der Waals surface area contributed by atoms with Crippen LogP contribution >= 0.6 is 0 Å². The number of hydrogen-bond acceptors (Lipinski definition) is 0. The molecule has 0 heterocycles. The first kappa shape index (κ1) is 9.83. The summed E-state index contributed by atoms with van der Waals surface area (Å²) in [6, 6.07) is 0. The minimum Gasteiger partial charge on any atom is -0.0879 e. The van der Waals surface area contributed by atoms with E-state index in [2.05, 4.69) is 33.8 Å². The Morgan fingerprint density at radius 2 is 2.17 bits per heavy atom. The second-order valence-corrected chi connectivity index (χ2v) is 4.26. The maximum atomic E-state index is 2.40. The van der Waals surface area contributed by atoms with Gasteiger partial charge >= 0.3 is 0 Å². The number of rotatable bonds is 2. The zero-order chi connectivity index (χ0) is 9.14. The lowest BCUT2D eigenvalue weighted by atomic mass is 9.86. The molecule has 70 valence electrons. The highest BCUT2D eigenvalue weighted by Gasteiger charge is 2.29. The smallest absolute Gasteiger partial charge is 0.0175 e. The Morgan fingerprint density at radius 1 is 1.50 bits per heavy atom. The second-order valence-electron chi connectivity index (χ2n) is 4.26. The molecule has 3 atom stereocenters. The van der Waals surface area contributed by atoms with E-state index < -0.39 is 0 Å². The highest BCUT2D eigenvalue weighted by molar-refractivity contribution is 5.14. The van der Waals surface area contributed by atoms with E-state index in [4.69, 9.17) is 0 Å². The fourth-order valence-corrected chi connectivity index (χ4v) is 2.52. The van der Waals surface area contributed by atoms with Gasteiger partial charge < -0.3 is 0 Å². The monoisotopic (exact) mass is 166 g/mol. The number of allylic oxidation sites excluding steroid dienone is 2. The molecule has 0 aromatic carbocycles. The zero-order valence-corrected chi connectivity index (χ0v) is 8.93. The van der Waals surface area contributed by atoms with E-state index in [1.54, 1.807) is 5.57 Å². The van der Waals surface area contributed by atoms with E-state index in [1.165, 1.54) is 19.3 Å². The second kappa shape index (κ2) is 4.11. The maximum Gasteiger partial charge on any atom is -0.0175 e. The van der Waals surface area contributed by atoms with Crippen LogP contribution in [0.15, 0.2) is 11.6 Å². The molecule has 1 rings (SSSR count). The van der Waals surface area contributed by atoms with Crippen molar-refractivity contribution >= 4 is 0 Å². The normalized spacial score (nSPS) is 35.8. The van der Waals surface area contributed by atoms with Gasteiger partial charge in [0.15, 0.2) is 0 Å². The van der Waals surface area contributed by atoms with Gasteiger partial charge in [-0.05, 0) is 37.5 Å². The van der Waals surface area contributed by atoms with Crippen LogP contribution in [0, 0.1) is 17.8 Å². The summed E-state index contributed by atoms with van der Waals surface area (Å²) in [5, 5.41) is 0. The minimum absolute atomic E-state index is 0.856. The molecule has 0 bridgehead atoms. The Kier molecular flexibility index (Phi) is 3.37. The average molecular weight is 166 g/mol. The van der Waals surface area contributed by atoms with Crippen molar-refractivity contribution in [1.82, 2.24) is 0 Å². The minimum atomic E-state index is 0.856. The third-order valence-corrected chi connectivity index (χ3v) is 3.57. The van der Waals surface area contributed by atoms with Crippen LogP contribution in [-0.2, 0) is 0 Å². The van der Waals surface area contributed by atoms with Crippen molar-refractivity contribution in [2.24, 2.45) is 17.8 Å². The van der Waals surface area contributed by atoms with Crippen molar-refractivity contribution in [3.05, 3.63) is 11.6 Å². The zero-order valence-electron chi connectivity index (χ0n) is 8.93. The summed E-state index contributed by atoms with van der Waals surface area (Å²) in [5.41, 5.74) is 1.73. The molecule has 0 aliphatic heterocycles. The van der Waals surface area contributed by atoms with E-state index in [-0.39, 0.29) is 0 Å². The van der Waals surface area contributed by atoms with Crippen molar-refractivity contribution in [2.75, 3.05) is 0 Å². The van der Waals surface area contributed by atoms with Crippen molar-refractivity contribution in [2.45, 2.75) is 47.0 Å². The Labute approximate surface area is 77.1 Å². The summed E-state index contributed by atoms with van der Waals surface area (Å²) in [7, 11) is 0. The van der Waals surface area contributed by atoms with Crippen LogP contribution in [0.5, 0.6) is 0 Å². The molecule has 0 spiro atoms. The molecular weight excluding hydrogens is 144 g/mol. The van der Waals surface area contributed by atoms with E-state index in [0.717, 1.165) is 17.8 Å². The van der Waals surface area contributed by atoms with Crippen LogP contribution in [0.2, 0.25) is 0 Å². The van der Waals surface area contributed by atoms with Gasteiger partial charge in [0, 0.05) is 0 Å². The van der Waals surface area contributed by atoms with Crippen LogP contribution in [-0.4, -0.2) is 0 Å². The van der Waals surface area contributed by atoms with Gasteiger partial charge in [-0.25, -0.2) is 0 Å². The van der Waals surface area contributed by atoms with Crippen LogP contribution in [0.1, 0.15) is 47.0 Å². The van der Waals surface area contributed by atoms with Crippen LogP contribution in [0.3, 0.4) is 0 Å². The molecule has 1 fully saturated rings.